The number of rotatable bonds is 5. The Morgan fingerprint density at radius 1 is 1.50 bits per heavy atom. The lowest BCUT2D eigenvalue weighted by Crippen LogP contribution is -2.22. The highest BCUT2D eigenvalue weighted by atomic mass is 16.1. The van der Waals surface area contributed by atoms with Crippen LogP contribution in [0.25, 0.3) is 0 Å². The van der Waals surface area contributed by atoms with Gasteiger partial charge in [0.05, 0.1) is 23.7 Å². The Labute approximate surface area is 129 Å². The fourth-order valence-electron chi connectivity index (χ4n) is 3.05. The van der Waals surface area contributed by atoms with Crippen LogP contribution in [0.2, 0.25) is 0 Å². The van der Waals surface area contributed by atoms with Gasteiger partial charge < -0.3 is 5.32 Å². The zero-order valence-electron chi connectivity index (χ0n) is 13.0. The van der Waals surface area contributed by atoms with Gasteiger partial charge in [0.2, 0.25) is 0 Å². The predicted octanol–water partition coefficient (Wildman–Crippen LogP) is 0.975. The molecule has 1 aliphatic heterocycles. The molecule has 0 radical (unpaired) electrons. The number of nitrogens with zero attached hydrogens (tertiary/aromatic N) is 4. The Bertz CT molecular complexity index is 646. The average Bonchev–Trinajstić information content (AvgIpc) is 3.26. The van der Waals surface area contributed by atoms with Crippen LogP contribution >= 0.6 is 0 Å². The van der Waals surface area contributed by atoms with Crippen molar-refractivity contribution in [3.8, 4) is 0 Å². The summed E-state index contributed by atoms with van der Waals surface area (Å²) in [7, 11) is 1.64. The summed E-state index contributed by atoms with van der Waals surface area (Å²) in [6.45, 7) is 5.84. The van der Waals surface area contributed by atoms with Crippen LogP contribution in [0.4, 0.5) is 0 Å². The number of aromatic amines is 1. The van der Waals surface area contributed by atoms with Crippen LogP contribution in [0, 0.1) is 0 Å². The van der Waals surface area contributed by atoms with Gasteiger partial charge in [0.1, 0.15) is 0 Å². The molecular formula is C15H22N6O. The number of H-pyrrole nitrogens is 1. The Hall–Kier alpha value is -2.15. The van der Waals surface area contributed by atoms with Crippen molar-refractivity contribution in [2.75, 3.05) is 20.1 Å². The average molecular weight is 302 g/mol. The lowest BCUT2D eigenvalue weighted by atomic mass is 10.0. The van der Waals surface area contributed by atoms with Gasteiger partial charge in [-0.25, -0.2) is 0 Å². The monoisotopic (exact) mass is 302 g/mol. The van der Waals surface area contributed by atoms with Crippen molar-refractivity contribution in [3.05, 3.63) is 35.4 Å². The van der Waals surface area contributed by atoms with E-state index >= 15 is 0 Å². The van der Waals surface area contributed by atoms with Crippen molar-refractivity contribution >= 4 is 5.91 Å². The standard InChI is InChI=1S/C15H22N6O/c1-3-21-9-11(6-18-21)8-20-5-4-12(10-20)14-13(7-17-19-14)15(22)16-2/h6-7,9,12H,3-5,8,10H2,1-2H3,(H,16,22)(H,17,19)/t12-/m0/s1. The van der Waals surface area contributed by atoms with E-state index < -0.39 is 0 Å². The second-order valence-electron chi connectivity index (χ2n) is 5.70. The second-order valence-corrected chi connectivity index (χ2v) is 5.70. The van der Waals surface area contributed by atoms with Crippen molar-refractivity contribution in [1.82, 2.24) is 30.2 Å². The number of carbonyl (C=O) groups is 1. The SMILES string of the molecule is CCn1cc(CN2CC[C@H](c3[nH]ncc3C(=O)NC)C2)cn1. The van der Waals surface area contributed by atoms with Gasteiger partial charge >= 0.3 is 0 Å². The summed E-state index contributed by atoms with van der Waals surface area (Å²) < 4.78 is 1.95. The summed E-state index contributed by atoms with van der Waals surface area (Å²) in [5.74, 6) is 0.252. The summed E-state index contributed by atoms with van der Waals surface area (Å²) >= 11 is 0. The molecule has 22 heavy (non-hydrogen) atoms. The van der Waals surface area contributed by atoms with Crippen LogP contribution in [-0.4, -0.2) is 50.9 Å². The number of hydrogen-bond acceptors (Lipinski definition) is 4. The quantitative estimate of drug-likeness (QED) is 0.863. The highest BCUT2D eigenvalue weighted by Gasteiger charge is 2.28. The molecule has 0 saturated carbocycles. The molecule has 2 aromatic rings. The van der Waals surface area contributed by atoms with Crippen molar-refractivity contribution in [2.45, 2.75) is 32.4 Å². The van der Waals surface area contributed by atoms with Gasteiger partial charge in [0.15, 0.2) is 0 Å². The molecule has 2 aromatic heterocycles. The highest BCUT2D eigenvalue weighted by molar-refractivity contribution is 5.95. The van der Waals surface area contributed by atoms with E-state index in [0.717, 1.165) is 38.3 Å². The first-order chi connectivity index (χ1) is 10.7. The van der Waals surface area contributed by atoms with Gasteiger partial charge in [-0.2, -0.15) is 10.2 Å². The number of amides is 1. The third-order valence-corrected chi connectivity index (χ3v) is 4.24. The molecule has 1 saturated heterocycles. The minimum absolute atomic E-state index is 0.0774. The summed E-state index contributed by atoms with van der Waals surface area (Å²) in [4.78, 5) is 14.3. The molecule has 0 unspecified atom stereocenters. The molecule has 118 valence electrons. The van der Waals surface area contributed by atoms with Crippen molar-refractivity contribution in [2.24, 2.45) is 0 Å². The lowest BCUT2D eigenvalue weighted by molar-refractivity contribution is 0.0961. The second kappa shape index (κ2) is 6.31. The van der Waals surface area contributed by atoms with Gasteiger partial charge in [-0.15, -0.1) is 0 Å². The van der Waals surface area contributed by atoms with E-state index in [9.17, 15) is 4.79 Å². The summed E-state index contributed by atoms with van der Waals surface area (Å²) in [5.41, 5.74) is 2.85. The molecular weight excluding hydrogens is 280 g/mol. The number of likely N-dealkylation sites (tertiary alicyclic amines) is 1. The number of nitrogens with one attached hydrogen (secondary N) is 2. The summed E-state index contributed by atoms with van der Waals surface area (Å²) in [5, 5.41) is 14.0. The molecule has 1 atom stereocenters. The van der Waals surface area contributed by atoms with E-state index in [1.807, 2.05) is 10.9 Å². The Balaban J connectivity index is 1.65. The third-order valence-electron chi connectivity index (χ3n) is 4.24. The van der Waals surface area contributed by atoms with E-state index in [-0.39, 0.29) is 5.91 Å². The molecule has 1 amide bonds. The van der Waals surface area contributed by atoms with E-state index in [1.54, 1.807) is 13.2 Å². The Kier molecular flexibility index (Phi) is 4.24. The maximum absolute atomic E-state index is 11.9. The molecule has 1 aliphatic rings. The third kappa shape index (κ3) is 2.89. The fraction of sp³-hybridized carbons (Fsp3) is 0.533. The zero-order valence-corrected chi connectivity index (χ0v) is 13.0. The van der Waals surface area contributed by atoms with E-state index in [4.69, 9.17) is 0 Å². The molecule has 0 bridgehead atoms. The predicted molar refractivity (Wildman–Crippen MR) is 82.5 cm³/mol. The van der Waals surface area contributed by atoms with Gasteiger partial charge in [0, 0.05) is 44.4 Å². The van der Waals surface area contributed by atoms with Gasteiger partial charge in [-0.05, 0) is 19.9 Å². The van der Waals surface area contributed by atoms with Crippen LogP contribution in [-0.2, 0) is 13.1 Å². The largest absolute Gasteiger partial charge is 0.355 e. The normalized spacial score (nSPS) is 18.7. The van der Waals surface area contributed by atoms with Crippen LogP contribution in [0.1, 0.15) is 40.9 Å². The Morgan fingerprint density at radius 3 is 3.09 bits per heavy atom. The lowest BCUT2D eigenvalue weighted by Gasteiger charge is -2.15. The number of aromatic nitrogens is 4. The number of carbonyl (C=O) groups excluding carboxylic acids is 1. The molecule has 0 spiro atoms. The van der Waals surface area contributed by atoms with Crippen LogP contribution in [0.3, 0.4) is 0 Å². The minimum Gasteiger partial charge on any atom is -0.355 e. The highest BCUT2D eigenvalue weighted by Crippen LogP contribution is 2.28. The smallest absolute Gasteiger partial charge is 0.254 e. The van der Waals surface area contributed by atoms with Crippen molar-refractivity contribution < 1.29 is 4.79 Å². The van der Waals surface area contributed by atoms with E-state index in [2.05, 4.69) is 38.6 Å². The van der Waals surface area contributed by atoms with Crippen LogP contribution in [0.5, 0.6) is 0 Å². The molecule has 7 heteroatoms. The maximum Gasteiger partial charge on any atom is 0.254 e. The van der Waals surface area contributed by atoms with E-state index in [1.165, 1.54) is 5.56 Å². The van der Waals surface area contributed by atoms with Crippen molar-refractivity contribution in [1.29, 1.82) is 0 Å². The molecule has 7 nitrogen and oxygen atoms in total. The molecule has 0 aromatic carbocycles. The molecule has 3 rings (SSSR count). The van der Waals surface area contributed by atoms with Gasteiger partial charge in [-0.3, -0.25) is 19.5 Å². The Morgan fingerprint density at radius 2 is 2.36 bits per heavy atom. The molecule has 1 fully saturated rings. The topological polar surface area (TPSA) is 78.8 Å². The summed E-state index contributed by atoms with van der Waals surface area (Å²) in [6.07, 6.45) is 6.68. The molecule has 0 aliphatic carbocycles. The zero-order chi connectivity index (χ0) is 15.5. The van der Waals surface area contributed by atoms with Crippen LogP contribution < -0.4 is 5.32 Å². The fourth-order valence-corrected chi connectivity index (χ4v) is 3.05. The number of aryl methyl sites for hydroxylation is 1. The van der Waals surface area contributed by atoms with Gasteiger partial charge in [0.25, 0.3) is 5.91 Å². The van der Waals surface area contributed by atoms with Crippen LogP contribution in [0.15, 0.2) is 18.6 Å². The molecule has 3 heterocycles. The van der Waals surface area contributed by atoms with Crippen molar-refractivity contribution in [3.63, 3.8) is 0 Å². The first-order valence-electron chi connectivity index (χ1n) is 7.70. The maximum atomic E-state index is 11.9. The number of hydrogen-bond donors (Lipinski definition) is 2. The van der Waals surface area contributed by atoms with Gasteiger partial charge in [-0.1, -0.05) is 0 Å². The minimum atomic E-state index is -0.0774. The first-order valence-corrected chi connectivity index (χ1v) is 7.70. The summed E-state index contributed by atoms with van der Waals surface area (Å²) in [6, 6.07) is 0. The first kappa shape index (κ1) is 14.8. The van der Waals surface area contributed by atoms with E-state index in [0.29, 0.717) is 11.5 Å². The molecule has 2 N–H and O–H groups in total.